The lowest BCUT2D eigenvalue weighted by atomic mass is 10.1. The van der Waals surface area contributed by atoms with Crippen LogP contribution in [0.4, 0.5) is 19.3 Å². The molecule has 37 heavy (non-hydrogen) atoms. The highest BCUT2D eigenvalue weighted by Gasteiger charge is 2.21. The van der Waals surface area contributed by atoms with Crippen LogP contribution < -0.4 is 26.7 Å². The summed E-state index contributed by atoms with van der Waals surface area (Å²) in [7, 11) is 0. The topological polar surface area (TPSA) is 169 Å². The van der Waals surface area contributed by atoms with E-state index in [1.807, 2.05) is 0 Å². The SMILES string of the molecule is NC(=O)/C=C/CC[C@H](NC(=O)O)C(=O)Nc1cccn(Cc2cc3cccc(OCC(F)F)c3[nH]2)c1=O. The molecular weight excluding hydrogens is 492 g/mol. The molecule has 6 N–H and O–H groups in total. The summed E-state index contributed by atoms with van der Waals surface area (Å²) in [5, 5.41) is 14.3. The monoisotopic (exact) mass is 517 g/mol. The van der Waals surface area contributed by atoms with Crippen molar-refractivity contribution >= 4 is 34.5 Å². The summed E-state index contributed by atoms with van der Waals surface area (Å²) in [5.41, 5.74) is 5.47. The van der Waals surface area contributed by atoms with Crippen molar-refractivity contribution in [3.8, 4) is 5.75 Å². The number of nitrogens with two attached hydrogens (primary N) is 1. The maximum Gasteiger partial charge on any atom is 0.405 e. The second kappa shape index (κ2) is 12.3. The number of halogens is 2. The number of rotatable bonds is 12. The van der Waals surface area contributed by atoms with Crippen molar-refractivity contribution in [2.45, 2.75) is 31.9 Å². The van der Waals surface area contributed by atoms with Gasteiger partial charge < -0.3 is 35.8 Å². The number of para-hydroxylation sites is 1. The average Bonchev–Trinajstić information content (AvgIpc) is 3.24. The zero-order valence-corrected chi connectivity index (χ0v) is 19.4. The minimum Gasteiger partial charge on any atom is -0.485 e. The van der Waals surface area contributed by atoms with Gasteiger partial charge in [-0.1, -0.05) is 18.2 Å². The molecule has 0 saturated heterocycles. The number of nitrogens with zero attached hydrogens (tertiary/aromatic N) is 1. The molecule has 13 heteroatoms. The van der Waals surface area contributed by atoms with E-state index in [0.29, 0.717) is 16.6 Å². The molecule has 2 heterocycles. The molecule has 3 amide bonds. The Kier molecular flexibility index (Phi) is 8.97. The van der Waals surface area contributed by atoms with Crippen molar-refractivity contribution in [1.82, 2.24) is 14.9 Å². The van der Waals surface area contributed by atoms with Crippen molar-refractivity contribution in [2.24, 2.45) is 5.73 Å². The summed E-state index contributed by atoms with van der Waals surface area (Å²) in [6.45, 7) is -0.686. The molecule has 0 saturated carbocycles. The zero-order valence-electron chi connectivity index (χ0n) is 19.4. The third kappa shape index (κ3) is 7.65. The molecule has 1 atom stereocenters. The Morgan fingerprint density at radius 3 is 2.70 bits per heavy atom. The van der Waals surface area contributed by atoms with E-state index in [2.05, 4.69) is 15.6 Å². The number of allylic oxidation sites excluding steroid dienone is 1. The number of anilines is 1. The Bertz CT molecular complexity index is 1370. The molecule has 0 bridgehead atoms. The van der Waals surface area contributed by atoms with Crippen molar-refractivity contribution in [1.29, 1.82) is 0 Å². The van der Waals surface area contributed by atoms with Crippen LogP contribution in [0.5, 0.6) is 5.75 Å². The number of primary amides is 1. The number of aromatic nitrogens is 2. The molecule has 3 aromatic rings. The fourth-order valence-corrected chi connectivity index (χ4v) is 3.58. The molecule has 0 aliphatic heterocycles. The Balaban J connectivity index is 1.76. The number of fused-ring (bicyclic) bond motifs is 1. The number of carbonyl (C=O) groups excluding carboxylic acids is 2. The molecule has 1 aromatic carbocycles. The van der Waals surface area contributed by atoms with Gasteiger partial charge in [-0.05, 0) is 43.2 Å². The van der Waals surface area contributed by atoms with Crippen LogP contribution in [0.25, 0.3) is 10.9 Å². The molecule has 2 aromatic heterocycles. The van der Waals surface area contributed by atoms with E-state index in [0.717, 1.165) is 6.08 Å². The number of carboxylic acid groups (broad SMARTS) is 1. The summed E-state index contributed by atoms with van der Waals surface area (Å²) in [6, 6.07) is 8.44. The molecule has 0 unspecified atom stereocenters. The Labute approximate surface area is 208 Å². The molecule has 0 aliphatic rings. The lowest BCUT2D eigenvalue weighted by Crippen LogP contribution is -2.44. The number of H-pyrrole nitrogens is 1. The van der Waals surface area contributed by atoms with Gasteiger partial charge in [0.1, 0.15) is 24.1 Å². The highest BCUT2D eigenvalue weighted by molar-refractivity contribution is 5.96. The number of ether oxygens (including phenoxy) is 1. The van der Waals surface area contributed by atoms with E-state index >= 15 is 0 Å². The van der Waals surface area contributed by atoms with E-state index in [9.17, 15) is 28.0 Å². The van der Waals surface area contributed by atoms with Gasteiger partial charge in [-0.3, -0.25) is 14.4 Å². The van der Waals surface area contributed by atoms with Crippen molar-refractivity contribution in [2.75, 3.05) is 11.9 Å². The number of pyridine rings is 1. The second-order valence-corrected chi connectivity index (χ2v) is 7.95. The van der Waals surface area contributed by atoms with Crippen LogP contribution in [0.1, 0.15) is 18.5 Å². The fourth-order valence-electron chi connectivity index (χ4n) is 3.58. The first kappa shape index (κ1) is 26.9. The smallest absolute Gasteiger partial charge is 0.405 e. The number of alkyl halides is 2. The largest absolute Gasteiger partial charge is 0.485 e. The van der Waals surface area contributed by atoms with Crippen LogP contribution in [0, 0.1) is 0 Å². The molecule has 0 radical (unpaired) electrons. The summed E-state index contributed by atoms with van der Waals surface area (Å²) >= 11 is 0. The molecular formula is C24H25F2N5O6. The molecule has 0 spiro atoms. The first-order chi connectivity index (χ1) is 17.6. The van der Waals surface area contributed by atoms with Gasteiger partial charge in [0.05, 0.1) is 12.1 Å². The van der Waals surface area contributed by atoms with Gasteiger partial charge in [0.15, 0.2) is 0 Å². The number of hydrogen-bond acceptors (Lipinski definition) is 5. The number of nitrogens with one attached hydrogen (secondary N) is 3. The fraction of sp³-hybridized carbons (Fsp3) is 0.250. The third-order valence-corrected chi connectivity index (χ3v) is 5.18. The number of aromatic amines is 1. The van der Waals surface area contributed by atoms with Crippen LogP contribution in [0.3, 0.4) is 0 Å². The van der Waals surface area contributed by atoms with Gasteiger partial charge in [-0.2, -0.15) is 0 Å². The van der Waals surface area contributed by atoms with Crippen molar-refractivity contribution in [3.63, 3.8) is 0 Å². The quantitative estimate of drug-likeness (QED) is 0.231. The standard InChI is InChI=1S/C24H25F2N5O6/c25-19(26)13-37-18-8-3-5-14-11-15(28-21(14)18)12-31-10-4-7-17(23(31)34)29-22(33)16(30-24(35)36)6-1-2-9-20(27)32/h2-5,7-11,16,19,28,30H,1,6,12-13H2,(H2,27,32)(H,29,33)(H,35,36)/b9-2+/t16-/m0/s1. The Hall–Kier alpha value is -4.68. The predicted molar refractivity (Wildman–Crippen MR) is 131 cm³/mol. The van der Waals surface area contributed by atoms with Gasteiger partial charge in [0, 0.05) is 17.3 Å². The molecule has 0 aliphatic carbocycles. The minimum absolute atomic E-state index is 0.0218. The molecule has 3 rings (SSSR count). The normalized spacial score (nSPS) is 12.1. The minimum atomic E-state index is -2.63. The molecule has 196 valence electrons. The third-order valence-electron chi connectivity index (χ3n) is 5.18. The maximum atomic E-state index is 13.0. The Morgan fingerprint density at radius 1 is 1.22 bits per heavy atom. The van der Waals surface area contributed by atoms with E-state index in [4.69, 9.17) is 15.6 Å². The summed E-state index contributed by atoms with van der Waals surface area (Å²) in [5.74, 6) is -1.18. The van der Waals surface area contributed by atoms with Crippen molar-refractivity contribution in [3.05, 3.63) is 70.8 Å². The van der Waals surface area contributed by atoms with Crippen LogP contribution in [0.15, 0.2) is 59.5 Å². The second-order valence-electron chi connectivity index (χ2n) is 7.95. The van der Waals surface area contributed by atoms with E-state index < -0.39 is 42.5 Å². The van der Waals surface area contributed by atoms with Crippen LogP contribution in [-0.2, 0) is 16.1 Å². The molecule has 0 fully saturated rings. The van der Waals surface area contributed by atoms with Gasteiger partial charge >= 0.3 is 6.09 Å². The number of hydrogen-bond donors (Lipinski definition) is 5. The number of carbonyl (C=O) groups is 3. The van der Waals surface area contributed by atoms with Gasteiger partial charge in [0.25, 0.3) is 12.0 Å². The summed E-state index contributed by atoms with van der Waals surface area (Å²) < 4.78 is 31.6. The highest BCUT2D eigenvalue weighted by Crippen LogP contribution is 2.26. The lowest BCUT2D eigenvalue weighted by Gasteiger charge is -2.16. The van der Waals surface area contributed by atoms with Crippen LogP contribution >= 0.6 is 0 Å². The van der Waals surface area contributed by atoms with Crippen LogP contribution in [-0.4, -0.2) is 51.6 Å². The van der Waals surface area contributed by atoms with Crippen LogP contribution in [0.2, 0.25) is 0 Å². The van der Waals surface area contributed by atoms with Crippen molar-refractivity contribution < 1.29 is 33.0 Å². The Morgan fingerprint density at radius 2 is 2.00 bits per heavy atom. The lowest BCUT2D eigenvalue weighted by molar-refractivity contribution is -0.118. The van der Waals surface area contributed by atoms with Gasteiger partial charge in [-0.15, -0.1) is 0 Å². The maximum absolute atomic E-state index is 13.0. The number of benzene rings is 1. The van der Waals surface area contributed by atoms with Gasteiger partial charge in [-0.25, -0.2) is 13.6 Å². The van der Waals surface area contributed by atoms with Gasteiger partial charge in [0.2, 0.25) is 11.8 Å². The summed E-state index contributed by atoms with van der Waals surface area (Å²) in [6.07, 6.45) is 0.158. The summed E-state index contributed by atoms with van der Waals surface area (Å²) in [4.78, 5) is 50.6. The van der Waals surface area contributed by atoms with E-state index in [1.165, 1.54) is 29.0 Å². The first-order valence-electron chi connectivity index (χ1n) is 11.1. The van der Waals surface area contributed by atoms with E-state index in [-0.39, 0.29) is 30.8 Å². The van der Waals surface area contributed by atoms with E-state index in [1.54, 1.807) is 24.3 Å². The zero-order chi connectivity index (χ0) is 26.9. The molecule has 11 nitrogen and oxygen atoms in total. The number of amides is 3. The highest BCUT2D eigenvalue weighted by atomic mass is 19.3. The predicted octanol–water partition coefficient (Wildman–Crippen LogP) is 2.42. The average molecular weight is 517 g/mol. The first-order valence-corrected chi connectivity index (χ1v) is 11.1.